The first-order chi connectivity index (χ1) is 12.9. The molecule has 1 unspecified atom stereocenters. The van der Waals surface area contributed by atoms with Gasteiger partial charge in [0.2, 0.25) is 0 Å². The summed E-state index contributed by atoms with van der Waals surface area (Å²) in [6, 6.07) is 17.1. The molecule has 1 atom stereocenters. The van der Waals surface area contributed by atoms with Crippen molar-refractivity contribution >= 4 is 5.69 Å². The van der Waals surface area contributed by atoms with E-state index in [0.717, 1.165) is 25.3 Å². The fourth-order valence-corrected chi connectivity index (χ4v) is 4.65. The predicted octanol–water partition coefficient (Wildman–Crippen LogP) is 6.44. The van der Waals surface area contributed by atoms with Crippen molar-refractivity contribution in [2.75, 3.05) is 18.0 Å². The zero-order valence-electron chi connectivity index (χ0n) is 17.9. The van der Waals surface area contributed by atoms with Crippen LogP contribution in [0.25, 0.3) is 0 Å². The summed E-state index contributed by atoms with van der Waals surface area (Å²) in [7, 11) is 0. The number of benzene rings is 2. The molecule has 2 aromatic rings. The second kappa shape index (κ2) is 7.58. The fraction of sp³-hybridized carbons (Fsp3) is 0.520. The van der Waals surface area contributed by atoms with Crippen LogP contribution in [-0.2, 0) is 12.0 Å². The lowest BCUT2D eigenvalue weighted by Crippen LogP contribution is -2.48. The van der Waals surface area contributed by atoms with Gasteiger partial charge in [0, 0.05) is 30.3 Å². The highest BCUT2D eigenvalue weighted by Gasteiger charge is 2.52. The maximum absolute atomic E-state index is 6.12. The van der Waals surface area contributed by atoms with E-state index in [2.05, 4.69) is 88.9 Å². The van der Waals surface area contributed by atoms with E-state index in [-0.39, 0.29) is 10.8 Å². The van der Waals surface area contributed by atoms with Crippen LogP contribution < -0.4 is 9.64 Å². The largest absolute Gasteiger partial charge is 0.489 e. The molecular formula is C25H35NO. The molecule has 3 rings (SSSR count). The summed E-state index contributed by atoms with van der Waals surface area (Å²) in [5.74, 6) is 1.58. The van der Waals surface area contributed by atoms with Gasteiger partial charge in [-0.1, -0.05) is 71.0 Å². The van der Waals surface area contributed by atoms with Crippen molar-refractivity contribution in [3.63, 3.8) is 0 Å². The maximum Gasteiger partial charge on any atom is 0.121 e. The fourth-order valence-electron chi connectivity index (χ4n) is 4.65. The minimum Gasteiger partial charge on any atom is -0.489 e. The third-order valence-corrected chi connectivity index (χ3v) is 7.20. The second-order valence-electron chi connectivity index (χ2n) is 8.78. The smallest absolute Gasteiger partial charge is 0.121 e. The van der Waals surface area contributed by atoms with E-state index >= 15 is 0 Å². The van der Waals surface area contributed by atoms with E-state index in [4.69, 9.17) is 4.74 Å². The monoisotopic (exact) mass is 365 g/mol. The molecule has 0 saturated carbocycles. The van der Waals surface area contributed by atoms with Crippen LogP contribution in [0, 0.1) is 11.3 Å². The molecule has 2 aromatic carbocycles. The molecule has 0 aliphatic carbocycles. The molecule has 0 radical (unpaired) electrons. The van der Waals surface area contributed by atoms with E-state index in [1.807, 2.05) is 6.07 Å². The molecule has 0 spiro atoms. The summed E-state index contributed by atoms with van der Waals surface area (Å²) >= 11 is 0. The number of fused-ring (bicyclic) bond motifs is 1. The summed E-state index contributed by atoms with van der Waals surface area (Å²) < 4.78 is 6.12. The lowest BCUT2D eigenvalue weighted by Gasteiger charge is -2.47. The number of hydrogen-bond acceptors (Lipinski definition) is 2. The van der Waals surface area contributed by atoms with Crippen molar-refractivity contribution in [1.29, 1.82) is 0 Å². The molecule has 0 saturated heterocycles. The van der Waals surface area contributed by atoms with Crippen molar-refractivity contribution in [1.82, 2.24) is 0 Å². The first-order valence-electron chi connectivity index (χ1n) is 10.4. The van der Waals surface area contributed by atoms with Gasteiger partial charge in [-0.05, 0) is 41.9 Å². The van der Waals surface area contributed by atoms with E-state index < -0.39 is 0 Å². The van der Waals surface area contributed by atoms with Crippen LogP contribution in [0.4, 0.5) is 5.69 Å². The van der Waals surface area contributed by atoms with Crippen molar-refractivity contribution in [3.8, 4) is 5.75 Å². The summed E-state index contributed by atoms with van der Waals surface area (Å²) in [6.07, 6.45) is 1.16. The predicted molar refractivity (Wildman–Crippen MR) is 116 cm³/mol. The molecule has 0 amide bonds. The summed E-state index contributed by atoms with van der Waals surface area (Å²) in [4.78, 5) is 2.54. The van der Waals surface area contributed by atoms with Gasteiger partial charge in [-0.3, -0.25) is 0 Å². The SMILES string of the molecule is CCN1CC(CC)(C(C)(C)C(C)C)c2ccc(OCc3ccccc3)cc21. The van der Waals surface area contributed by atoms with Gasteiger partial charge in [-0.25, -0.2) is 0 Å². The Labute approximate surface area is 165 Å². The van der Waals surface area contributed by atoms with Gasteiger partial charge in [0.1, 0.15) is 12.4 Å². The normalized spacial score (nSPS) is 19.4. The quantitative estimate of drug-likeness (QED) is 0.560. The van der Waals surface area contributed by atoms with Crippen molar-refractivity contribution in [2.24, 2.45) is 11.3 Å². The van der Waals surface area contributed by atoms with Crippen LogP contribution in [0.1, 0.15) is 59.1 Å². The molecule has 146 valence electrons. The molecule has 27 heavy (non-hydrogen) atoms. The zero-order valence-corrected chi connectivity index (χ0v) is 17.9. The van der Waals surface area contributed by atoms with Crippen molar-refractivity contribution in [3.05, 3.63) is 59.7 Å². The Balaban J connectivity index is 1.94. The molecular weight excluding hydrogens is 330 g/mol. The second-order valence-corrected chi connectivity index (χ2v) is 8.78. The first-order valence-corrected chi connectivity index (χ1v) is 10.4. The highest BCUT2D eigenvalue weighted by atomic mass is 16.5. The van der Waals surface area contributed by atoms with Gasteiger partial charge < -0.3 is 9.64 Å². The van der Waals surface area contributed by atoms with Gasteiger partial charge in [-0.15, -0.1) is 0 Å². The third kappa shape index (κ3) is 3.35. The zero-order chi connectivity index (χ0) is 19.7. The molecule has 0 aromatic heterocycles. The standard InChI is InChI=1S/C25H35NO/c1-7-25(24(5,6)19(3)4)18-26(8-2)23-16-21(14-15-22(23)25)27-17-20-12-10-9-11-13-20/h9-16,19H,7-8,17-18H2,1-6H3. The Morgan fingerprint density at radius 3 is 2.37 bits per heavy atom. The number of anilines is 1. The molecule has 1 heterocycles. The minimum atomic E-state index is 0.185. The van der Waals surface area contributed by atoms with Crippen LogP contribution in [0.3, 0.4) is 0 Å². The van der Waals surface area contributed by atoms with Gasteiger partial charge in [0.05, 0.1) is 0 Å². The number of ether oxygens (including phenoxy) is 1. The van der Waals surface area contributed by atoms with E-state index in [9.17, 15) is 0 Å². The van der Waals surface area contributed by atoms with Crippen LogP contribution in [0.5, 0.6) is 5.75 Å². The van der Waals surface area contributed by atoms with Gasteiger partial charge >= 0.3 is 0 Å². The summed E-state index contributed by atoms with van der Waals surface area (Å²) in [5, 5.41) is 0. The Kier molecular flexibility index (Phi) is 5.55. The average molecular weight is 366 g/mol. The third-order valence-electron chi connectivity index (χ3n) is 7.20. The first kappa shape index (κ1) is 19.8. The van der Waals surface area contributed by atoms with Crippen LogP contribution in [-0.4, -0.2) is 13.1 Å². The Morgan fingerprint density at radius 1 is 1.07 bits per heavy atom. The molecule has 1 aliphatic rings. The minimum absolute atomic E-state index is 0.185. The van der Waals surface area contributed by atoms with Crippen LogP contribution in [0.2, 0.25) is 0 Å². The van der Waals surface area contributed by atoms with Gasteiger partial charge in [0.15, 0.2) is 0 Å². The maximum atomic E-state index is 6.12. The highest BCUT2D eigenvalue weighted by molar-refractivity contribution is 5.66. The van der Waals surface area contributed by atoms with Gasteiger partial charge in [-0.2, -0.15) is 0 Å². The van der Waals surface area contributed by atoms with E-state index in [1.54, 1.807) is 0 Å². The highest BCUT2D eigenvalue weighted by Crippen LogP contribution is 2.56. The summed E-state index contributed by atoms with van der Waals surface area (Å²) in [5.41, 5.74) is 4.47. The lowest BCUT2D eigenvalue weighted by molar-refractivity contribution is 0.103. The number of nitrogens with zero attached hydrogens (tertiary/aromatic N) is 1. The Morgan fingerprint density at radius 2 is 1.78 bits per heavy atom. The van der Waals surface area contributed by atoms with Crippen molar-refractivity contribution < 1.29 is 4.74 Å². The molecule has 2 heteroatoms. The topological polar surface area (TPSA) is 12.5 Å². The van der Waals surface area contributed by atoms with Crippen LogP contribution >= 0.6 is 0 Å². The number of hydrogen-bond donors (Lipinski definition) is 0. The van der Waals surface area contributed by atoms with Crippen LogP contribution in [0.15, 0.2) is 48.5 Å². The molecule has 0 N–H and O–H groups in total. The number of rotatable bonds is 7. The molecule has 0 fully saturated rings. The Bertz CT molecular complexity index is 765. The lowest BCUT2D eigenvalue weighted by atomic mass is 9.56. The van der Waals surface area contributed by atoms with Crippen molar-refractivity contribution in [2.45, 2.75) is 60.0 Å². The van der Waals surface area contributed by atoms with Gasteiger partial charge in [0.25, 0.3) is 0 Å². The Hall–Kier alpha value is -1.96. The molecule has 0 bridgehead atoms. The molecule has 1 aliphatic heterocycles. The summed E-state index contributed by atoms with van der Waals surface area (Å²) in [6.45, 7) is 17.0. The van der Waals surface area contributed by atoms with E-state index in [0.29, 0.717) is 12.5 Å². The average Bonchev–Trinajstić information content (AvgIpc) is 3.01. The molecule has 2 nitrogen and oxygen atoms in total. The number of likely N-dealkylation sites (N-methyl/N-ethyl adjacent to an activating group) is 1. The van der Waals surface area contributed by atoms with E-state index in [1.165, 1.54) is 16.8 Å².